The van der Waals surface area contributed by atoms with Gasteiger partial charge in [0.25, 0.3) is 0 Å². The van der Waals surface area contributed by atoms with Crippen molar-refractivity contribution >= 4 is 26.7 Å². The number of para-hydroxylation sites is 1. The van der Waals surface area contributed by atoms with Crippen LogP contribution in [0.15, 0.2) is 53.4 Å². The molecule has 3 heterocycles. The SMILES string of the molecule is CCCc1ccc(S(=O)(=O)N2CCN(C(C)c3nc(N4CCCCC4)c4ccccc4n3)CC2)cc1. The summed E-state index contributed by atoms with van der Waals surface area (Å²) in [5, 5.41) is 1.11. The quantitative estimate of drug-likeness (QED) is 0.464. The topological polar surface area (TPSA) is 69.6 Å². The average Bonchev–Trinajstić information content (AvgIpc) is 2.93. The molecule has 0 N–H and O–H groups in total. The highest BCUT2D eigenvalue weighted by Gasteiger charge is 2.31. The number of hydrogen-bond acceptors (Lipinski definition) is 6. The molecule has 2 saturated heterocycles. The first-order valence-corrected chi connectivity index (χ1v) is 14.8. The molecule has 0 amide bonds. The molecule has 36 heavy (non-hydrogen) atoms. The Morgan fingerprint density at radius 1 is 0.861 bits per heavy atom. The number of hydrogen-bond donors (Lipinski definition) is 0. The molecule has 2 fully saturated rings. The van der Waals surface area contributed by atoms with E-state index >= 15 is 0 Å². The molecule has 1 unspecified atom stereocenters. The number of anilines is 1. The van der Waals surface area contributed by atoms with Gasteiger partial charge in [0.1, 0.15) is 11.6 Å². The van der Waals surface area contributed by atoms with Crippen LogP contribution in [0.3, 0.4) is 0 Å². The van der Waals surface area contributed by atoms with Crippen LogP contribution in [0.4, 0.5) is 5.82 Å². The zero-order valence-corrected chi connectivity index (χ0v) is 22.3. The number of fused-ring (bicyclic) bond motifs is 1. The Morgan fingerprint density at radius 3 is 2.25 bits per heavy atom. The Morgan fingerprint density at radius 2 is 1.56 bits per heavy atom. The van der Waals surface area contributed by atoms with Crippen molar-refractivity contribution in [2.24, 2.45) is 0 Å². The van der Waals surface area contributed by atoms with Crippen molar-refractivity contribution in [1.82, 2.24) is 19.2 Å². The van der Waals surface area contributed by atoms with Gasteiger partial charge in [-0.25, -0.2) is 18.4 Å². The lowest BCUT2D eigenvalue weighted by Crippen LogP contribution is -2.49. The maximum absolute atomic E-state index is 13.2. The fraction of sp³-hybridized carbons (Fsp3) is 0.500. The zero-order valence-electron chi connectivity index (χ0n) is 21.4. The third kappa shape index (κ3) is 5.12. The van der Waals surface area contributed by atoms with Crippen LogP contribution in [0.25, 0.3) is 10.9 Å². The molecular formula is C28H37N5O2S. The van der Waals surface area contributed by atoms with E-state index in [4.69, 9.17) is 9.97 Å². The normalized spacial score (nSPS) is 19.0. The van der Waals surface area contributed by atoms with E-state index in [0.717, 1.165) is 48.5 Å². The summed E-state index contributed by atoms with van der Waals surface area (Å²) in [5.74, 6) is 1.85. The highest BCUT2D eigenvalue weighted by atomic mass is 32.2. The summed E-state index contributed by atoms with van der Waals surface area (Å²) in [6.07, 6.45) is 5.68. The van der Waals surface area contributed by atoms with Crippen molar-refractivity contribution in [1.29, 1.82) is 0 Å². The first-order chi connectivity index (χ1) is 17.5. The molecule has 2 aliphatic heterocycles. The fourth-order valence-electron chi connectivity index (χ4n) is 5.37. The molecule has 192 valence electrons. The van der Waals surface area contributed by atoms with Gasteiger partial charge in [0.05, 0.1) is 16.5 Å². The van der Waals surface area contributed by atoms with E-state index in [1.165, 1.54) is 24.8 Å². The molecule has 2 aliphatic rings. The van der Waals surface area contributed by atoms with Gasteiger partial charge in [0.15, 0.2) is 0 Å². The van der Waals surface area contributed by atoms with Crippen LogP contribution < -0.4 is 4.90 Å². The zero-order chi connectivity index (χ0) is 25.1. The van der Waals surface area contributed by atoms with E-state index in [0.29, 0.717) is 31.1 Å². The lowest BCUT2D eigenvalue weighted by Gasteiger charge is -2.37. The average molecular weight is 508 g/mol. The molecule has 0 radical (unpaired) electrons. The highest BCUT2D eigenvalue weighted by Crippen LogP contribution is 2.30. The molecule has 1 atom stereocenters. The lowest BCUT2D eigenvalue weighted by molar-refractivity contribution is 0.141. The molecule has 0 saturated carbocycles. The number of rotatable bonds is 7. The lowest BCUT2D eigenvalue weighted by atomic mass is 10.1. The maximum atomic E-state index is 13.2. The number of aromatic nitrogens is 2. The Balaban J connectivity index is 1.31. The first kappa shape index (κ1) is 25.1. The number of piperidine rings is 1. The predicted molar refractivity (Wildman–Crippen MR) is 145 cm³/mol. The number of piperazine rings is 1. The van der Waals surface area contributed by atoms with Gasteiger partial charge in [0.2, 0.25) is 10.0 Å². The van der Waals surface area contributed by atoms with E-state index in [9.17, 15) is 8.42 Å². The molecule has 7 nitrogen and oxygen atoms in total. The molecular weight excluding hydrogens is 470 g/mol. The molecule has 0 spiro atoms. The molecule has 5 rings (SSSR count). The minimum Gasteiger partial charge on any atom is -0.356 e. The second kappa shape index (κ2) is 10.8. The van der Waals surface area contributed by atoms with E-state index < -0.39 is 10.0 Å². The smallest absolute Gasteiger partial charge is 0.243 e. The third-order valence-electron chi connectivity index (χ3n) is 7.55. The van der Waals surface area contributed by atoms with Gasteiger partial charge in [-0.15, -0.1) is 0 Å². The molecule has 3 aromatic rings. The summed E-state index contributed by atoms with van der Waals surface area (Å²) >= 11 is 0. The van der Waals surface area contributed by atoms with Crippen LogP contribution in [0, 0.1) is 0 Å². The molecule has 8 heteroatoms. The largest absolute Gasteiger partial charge is 0.356 e. The van der Waals surface area contributed by atoms with Crippen molar-refractivity contribution in [3.8, 4) is 0 Å². The van der Waals surface area contributed by atoms with Crippen molar-refractivity contribution in [3.05, 3.63) is 59.9 Å². The number of sulfonamides is 1. The minimum atomic E-state index is -3.49. The van der Waals surface area contributed by atoms with Crippen LogP contribution in [0.5, 0.6) is 0 Å². The summed E-state index contributed by atoms with van der Waals surface area (Å²) in [4.78, 5) is 15.1. The van der Waals surface area contributed by atoms with Crippen LogP contribution in [0.2, 0.25) is 0 Å². The highest BCUT2D eigenvalue weighted by molar-refractivity contribution is 7.89. The Hall–Kier alpha value is -2.55. The Kier molecular flexibility index (Phi) is 7.55. The van der Waals surface area contributed by atoms with E-state index in [-0.39, 0.29) is 6.04 Å². The molecule has 0 bridgehead atoms. The van der Waals surface area contributed by atoms with Crippen LogP contribution in [-0.2, 0) is 16.4 Å². The second-order valence-electron chi connectivity index (χ2n) is 9.98. The molecule has 1 aromatic heterocycles. The minimum absolute atomic E-state index is 0.0105. The van der Waals surface area contributed by atoms with Crippen molar-refractivity contribution < 1.29 is 8.42 Å². The van der Waals surface area contributed by atoms with Gasteiger partial charge in [-0.05, 0) is 62.4 Å². The standard InChI is InChI=1S/C28H37N5O2S/c1-3-9-23-12-14-24(15-13-23)36(34,35)33-20-18-31(19-21-33)22(2)27-29-26-11-6-5-10-25(26)28(30-27)32-16-7-4-8-17-32/h5-6,10-15,22H,3-4,7-9,16-21H2,1-2H3. The van der Waals surface area contributed by atoms with Crippen molar-refractivity contribution in [2.45, 2.75) is 56.9 Å². The van der Waals surface area contributed by atoms with Crippen molar-refractivity contribution in [2.75, 3.05) is 44.2 Å². The van der Waals surface area contributed by atoms with Gasteiger partial charge >= 0.3 is 0 Å². The van der Waals surface area contributed by atoms with Crippen LogP contribution in [-0.4, -0.2) is 66.9 Å². The number of nitrogens with zero attached hydrogens (tertiary/aromatic N) is 5. The molecule has 2 aromatic carbocycles. The summed E-state index contributed by atoms with van der Waals surface area (Å²) < 4.78 is 28.1. The van der Waals surface area contributed by atoms with Gasteiger partial charge in [-0.3, -0.25) is 4.90 Å². The molecule has 0 aliphatic carbocycles. The summed E-state index contributed by atoms with van der Waals surface area (Å²) in [7, 11) is -3.49. The summed E-state index contributed by atoms with van der Waals surface area (Å²) in [6, 6.07) is 15.7. The van der Waals surface area contributed by atoms with E-state index in [2.05, 4.69) is 41.8 Å². The predicted octanol–water partition coefficient (Wildman–Crippen LogP) is 4.64. The van der Waals surface area contributed by atoms with Crippen LogP contribution >= 0.6 is 0 Å². The van der Waals surface area contributed by atoms with E-state index in [1.54, 1.807) is 16.4 Å². The van der Waals surface area contributed by atoms with Crippen molar-refractivity contribution in [3.63, 3.8) is 0 Å². The Labute approximate surface area is 215 Å². The van der Waals surface area contributed by atoms with Gasteiger partial charge in [0, 0.05) is 44.7 Å². The second-order valence-corrected chi connectivity index (χ2v) is 11.9. The first-order valence-electron chi connectivity index (χ1n) is 13.3. The third-order valence-corrected chi connectivity index (χ3v) is 9.46. The van der Waals surface area contributed by atoms with Gasteiger partial charge in [-0.1, -0.05) is 37.6 Å². The van der Waals surface area contributed by atoms with Gasteiger partial charge in [-0.2, -0.15) is 4.31 Å². The van der Waals surface area contributed by atoms with Crippen LogP contribution in [0.1, 0.15) is 57.0 Å². The number of aryl methyl sites for hydroxylation is 1. The van der Waals surface area contributed by atoms with Gasteiger partial charge < -0.3 is 4.90 Å². The Bertz CT molecular complexity index is 1280. The number of benzene rings is 2. The fourth-order valence-corrected chi connectivity index (χ4v) is 6.79. The van der Waals surface area contributed by atoms with E-state index in [1.807, 2.05) is 18.2 Å². The maximum Gasteiger partial charge on any atom is 0.243 e. The monoisotopic (exact) mass is 507 g/mol. The summed E-state index contributed by atoms with van der Waals surface area (Å²) in [5.41, 5.74) is 2.15. The summed E-state index contributed by atoms with van der Waals surface area (Å²) in [6.45, 7) is 8.58.